The normalized spacial score (nSPS) is 20.1. The van der Waals surface area contributed by atoms with Gasteiger partial charge in [-0.25, -0.2) is 4.98 Å². The van der Waals surface area contributed by atoms with Gasteiger partial charge in [-0.15, -0.1) is 0 Å². The van der Waals surface area contributed by atoms with Crippen LogP contribution in [0, 0.1) is 0 Å². The number of aromatic nitrogens is 1. The summed E-state index contributed by atoms with van der Waals surface area (Å²) >= 11 is 0. The number of methoxy groups -OCH3 is 1. The summed E-state index contributed by atoms with van der Waals surface area (Å²) in [7, 11) is 3.75. The minimum atomic E-state index is 0.330. The maximum absolute atomic E-state index is 6.01. The minimum absolute atomic E-state index is 0.330. The molecule has 0 radical (unpaired) electrons. The molecule has 1 unspecified atom stereocenters. The summed E-state index contributed by atoms with van der Waals surface area (Å²) in [5.41, 5.74) is 7.27. The van der Waals surface area contributed by atoms with Crippen LogP contribution in [0.2, 0.25) is 0 Å². The number of hydrogen-bond acceptors (Lipinski definition) is 5. The van der Waals surface area contributed by atoms with Crippen molar-refractivity contribution in [2.24, 2.45) is 5.73 Å². The SMILES string of the molecule is COCCN(C)c1ccc(CN2CCCC(N)C2)cn1. The topological polar surface area (TPSA) is 54.6 Å². The Kier molecular flexibility index (Phi) is 5.76. The van der Waals surface area contributed by atoms with E-state index in [4.69, 9.17) is 10.5 Å². The highest BCUT2D eigenvalue weighted by Crippen LogP contribution is 2.14. The van der Waals surface area contributed by atoms with Gasteiger partial charge < -0.3 is 15.4 Å². The standard InChI is InChI=1S/C15H26N4O/c1-18(8-9-20-2)15-6-5-13(10-17-15)11-19-7-3-4-14(16)12-19/h5-6,10,14H,3-4,7-9,11-12,16H2,1-2H3. The molecule has 0 bridgehead atoms. The summed E-state index contributed by atoms with van der Waals surface area (Å²) in [5, 5.41) is 0. The van der Waals surface area contributed by atoms with Crippen molar-refractivity contribution in [1.29, 1.82) is 0 Å². The van der Waals surface area contributed by atoms with Crippen LogP contribution in [-0.4, -0.2) is 56.3 Å². The van der Waals surface area contributed by atoms with E-state index in [1.807, 2.05) is 13.2 Å². The Labute approximate surface area is 121 Å². The molecule has 0 amide bonds. The summed E-state index contributed by atoms with van der Waals surface area (Å²) in [6.45, 7) is 4.65. The number of likely N-dealkylation sites (N-methyl/N-ethyl adjacent to an activating group) is 1. The van der Waals surface area contributed by atoms with Crippen molar-refractivity contribution in [3.05, 3.63) is 23.9 Å². The van der Waals surface area contributed by atoms with Gasteiger partial charge in [-0.1, -0.05) is 6.07 Å². The molecule has 5 nitrogen and oxygen atoms in total. The molecule has 0 saturated carbocycles. The molecule has 2 rings (SSSR count). The highest BCUT2D eigenvalue weighted by Gasteiger charge is 2.16. The van der Waals surface area contributed by atoms with Gasteiger partial charge in [0.05, 0.1) is 6.61 Å². The maximum Gasteiger partial charge on any atom is 0.128 e. The number of anilines is 1. The highest BCUT2D eigenvalue weighted by atomic mass is 16.5. The van der Waals surface area contributed by atoms with E-state index < -0.39 is 0 Å². The second-order valence-electron chi connectivity index (χ2n) is 5.58. The van der Waals surface area contributed by atoms with Crippen LogP contribution in [0.1, 0.15) is 18.4 Å². The van der Waals surface area contributed by atoms with Crippen LogP contribution >= 0.6 is 0 Å². The lowest BCUT2D eigenvalue weighted by Crippen LogP contribution is -2.42. The van der Waals surface area contributed by atoms with E-state index in [1.54, 1.807) is 7.11 Å². The molecule has 0 aliphatic carbocycles. The molecule has 1 aliphatic heterocycles. The van der Waals surface area contributed by atoms with Crippen LogP contribution in [0.3, 0.4) is 0 Å². The second-order valence-corrected chi connectivity index (χ2v) is 5.58. The van der Waals surface area contributed by atoms with Crippen LogP contribution in [0.5, 0.6) is 0 Å². The lowest BCUT2D eigenvalue weighted by molar-refractivity contribution is 0.201. The Hall–Kier alpha value is -1.17. The molecule has 20 heavy (non-hydrogen) atoms. The van der Waals surface area contributed by atoms with Crippen molar-refractivity contribution in [3.63, 3.8) is 0 Å². The minimum Gasteiger partial charge on any atom is -0.383 e. The first-order valence-corrected chi connectivity index (χ1v) is 7.32. The summed E-state index contributed by atoms with van der Waals surface area (Å²) in [6, 6.07) is 4.57. The molecule has 1 atom stereocenters. The number of piperidine rings is 1. The van der Waals surface area contributed by atoms with Crippen molar-refractivity contribution in [2.45, 2.75) is 25.4 Å². The van der Waals surface area contributed by atoms with Gasteiger partial charge in [0.15, 0.2) is 0 Å². The Balaban J connectivity index is 1.87. The number of rotatable bonds is 6. The van der Waals surface area contributed by atoms with Gasteiger partial charge in [0.2, 0.25) is 0 Å². The molecule has 1 fully saturated rings. The molecule has 2 heterocycles. The van der Waals surface area contributed by atoms with Gasteiger partial charge >= 0.3 is 0 Å². The molecule has 5 heteroatoms. The Morgan fingerprint density at radius 2 is 2.35 bits per heavy atom. The highest BCUT2D eigenvalue weighted by molar-refractivity contribution is 5.38. The summed E-state index contributed by atoms with van der Waals surface area (Å²) < 4.78 is 5.08. The zero-order chi connectivity index (χ0) is 14.4. The van der Waals surface area contributed by atoms with E-state index in [2.05, 4.69) is 26.9 Å². The first-order chi connectivity index (χ1) is 9.69. The van der Waals surface area contributed by atoms with Crippen molar-refractivity contribution in [3.8, 4) is 0 Å². The molecule has 1 aromatic heterocycles. The van der Waals surface area contributed by atoms with Crippen LogP contribution in [0.4, 0.5) is 5.82 Å². The van der Waals surface area contributed by atoms with E-state index in [1.165, 1.54) is 12.0 Å². The number of ether oxygens (including phenoxy) is 1. The summed E-state index contributed by atoms with van der Waals surface area (Å²) in [6.07, 6.45) is 4.32. The van der Waals surface area contributed by atoms with Crippen LogP contribution in [0.15, 0.2) is 18.3 Å². The Bertz CT molecular complexity index is 395. The predicted molar refractivity (Wildman–Crippen MR) is 81.9 cm³/mol. The lowest BCUT2D eigenvalue weighted by atomic mass is 10.1. The fraction of sp³-hybridized carbons (Fsp3) is 0.667. The smallest absolute Gasteiger partial charge is 0.128 e. The first-order valence-electron chi connectivity index (χ1n) is 7.32. The zero-order valence-electron chi connectivity index (χ0n) is 12.6. The number of hydrogen-bond donors (Lipinski definition) is 1. The third kappa shape index (κ3) is 4.44. The Morgan fingerprint density at radius 3 is 3.00 bits per heavy atom. The second kappa shape index (κ2) is 7.57. The molecule has 0 aromatic carbocycles. The molecule has 112 valence electrons. The van der Waals surface area contributed by atoms with Gasteiger partial charge in [-0.2, -0.15) is 0 Å². The molecule has 1 aromatic rings. The third-order valence-electron chi connectivity index (χ3n) is 3.78. The Morgan fingerprint density at radius 1 is 1.50 bits per heavy atom. The third-order valence-corrected chi connectivity index (χ3v) is 3.78. The number of nitrogens with two attached hydrogens (primary N) is 1. The van der Waals surface area contributed by atoms with Crippen molar-refractivity contribution in [1.82, 2.24) is 9.88 Å². The molecule has 0 spiro atoms. The average Bonchev–Trinajstić information content (AvgIpc) is 2.45. The van der Waals surface area contributed by atoms with E-state index in [9.17, 15) is 0 Å². The summed E-state index contributed by atoms with van der Waals surface area (Å²) in [5.74, 6) is 0.987. The summed E-state index contributed by atoms with van der Waals surface area (Å²) in [4.78, 5) is 9.05. The van der Waals surface area contributed by atoms with Crippen LogP contribution < -0.4 is 10.6 Å². The van der Waals surface area contributed by atoms with Crippen LogP contribution in [0.25, 0.3) is 0 Å². The molecule has 2 N–H and O–H groups in total. The van der Waals surface area contributed by atoms with E-state index in [0.29, 0.717) is 12.6 Å². The van der Waals surface area contributed by atoms with Crippen molar-refractivity contribution in [2.75, 3.05) is 45.3 Å². The lowest BCUT2D eigenvalue weighted by Gasteiger charge is -2.30. The predicted octanol–water partition coefficient (Wildman–Crippen LogP) is 1.09. The van der Waals surface area contributed by atoms with Crippen molar-refractivity contribution < 1.29 is 4.74 Å². The van der Waals surface area contributed by atoms with Crippen molar-refractivity contribution >= 4 is 5.82 Å². The quantitative estimate of drug-likeness (QED) is 0.844. The van der Waals surface area contributed by atoms with Gasteiger partial charge in [-0.05, 0) is 31.0 Å². The number of likely N-dealkylation sites (tertiary alicyclic amines) is 1. The molecule has 1 aliphatic rings. The molecule has 1 saturated heterocycles. The fourth-order valence-electron chi connectivity index (χ4n) is 2.57. The fourth-order valence-corrected chi connectivity index (χ4v) is 2.57. The van der Waals surface area contributed by atoms with Gasteiger partial charge in [0, 0.05) is 46.0 Å². The number of nitrogens with zero attached hydrogens (tertiary/aromatic N) is 3. The van der Waals surface area contributed by atoms with Gasteiger partial charge in [0.1, 0.15) is 5.82 Å². The maximum atomic E-state index is 6.01. The van der Waals surface area contributed by atoms with E-state index >= 15 is 0 Å². The largest absolute Gasteiger partial charge is 0.383 e. The van der Waals surface area contributed by atoms with E-state index in [-0.39, 0.29) is 0 Å². The van der Waals surface area contributed by atoms with Crippen LogP contribution in [-0.2, 0) is 11.3 Å². The molecular formula is C15H26N4O. The zero-order valence-corrected chi connectivity index (χ0v) is 12.6. The first kappa shape index (κ1) is 15.2. The van der Waals surface area contributed by atoms with Gasteiger partial charge in [0.25, 0.3) is 0 Å². The van der Waals surface area contributed by atoms with Gasteiger partial charge in [-0.3, -0.25) is 4.90 Å². The average molecular weight is 278 g/mol. The molecular weight excluding hydrogens is 252 g/mol. The number of pyridine rings is 1. The monoisotopic (exact) mass is 278 g/mol. The van der Waals surface area contributed by atoms with E-state index in [0.717, 1.165) is 38.4 Å².